The van der Waals surface area contributed by atoms with Gasteiger partial charge in [-0.3, -0.25) is 29.2 Å². The summed E-state index contributed by atoms with van der Waals surface area (Å²) in [7, 11) is 0. The summed E-state index contributed by atoms with van der Waals surface area (Å²) in [6.45, 7) is 26.4. The van der Waals surface area contributed by atoms with E-state index in [1.807, 2.05) is 72.8 Å². The lowest BCUT2D eigenvalue weighted by atomic mass is 9.47. The van der Waals surface area contributed by atoms with E-state index in [0.717, 1.165) is 120 Å². The molecule has 0 heterocycles. The second-order valence-electron chi connectivity index (χ2n) is 35.2. The van der Waals surface area contributed by atoms with E-state index in [1.54, 1.807) is 36.7 Å². The summed E-state index contributed by atoms with van der Waals surface area (Å²) in [5.41, 5.74) is 7.50. The largest absolute Gasteiger partial charge is 0.491 e. The molecule has 0 aliphatic heterocycles. The number of esters is 4. The number of rotatable bonds is 32. The molecule has 105 heavy (non-hydrogen) atoms. The van der Waals surface area contributed by atoms with E-state index in [9.17, 15) is 19.2 Å². The lowest BCUT2D eigenvalue weighted by Gasteiger charge is -2.58. The molecule has 13 heteroatoms. The van der Waals surface area contributed by atoms with Crippen LogP contribution in [0.1, 0.15) is 247 Å². The summed E-state index contributed by atoms with van der Waals surface area (Å²) < 4.78 is 40.8. The van der Waals surface area contributed by atoms with Crippen molar-refractivity contribution in [3.63, 3.8) is 0 Å². The first-order valence-electron chi connectivity index (χ1n) is 41.1. The predicted molar refractivity (Wildman–Crippen MR) is 418 cm³/mol. The number of nitrogens with zero attached hydrogens (tertiary/aromatic N) is 2. The minimum Gasteiger partial charge on any atom is -0.491 e. The first kappa shape index (κ1) is 77.7. The molecule has 4 aromatic rings. The van der Waals surface area contributed by atoms with E-state index in [0.29, 0.717) is 72.1 Å². The maximum atomic E-state index is 13.1. The third-order valence-electron chi connectivity index (χ3n) is 27.8. The summed E-state index contributed by atoms with van der Waals surface area (Å²) >= 11 is 0. The zero-order chi connectivity index (χ0) is 73.9. The van der Waals surface area contributed by atoms with Gasteiger partial charge in [-0.1, -0.05) is 131 Å². The third kappa shape index (κ3) is 19.0. The normalized spacial score (nSPS) is 30.2. The summed E-state index contributed by atoms with van der Waals surface area (Å²) in [4.78, 5) is 61.2. The first-order chi connectivity index (χ1) is 50.5. The lowest BCUT2D eigenvalue weighted by Crippen LogP contribution is -2.51. The molecule has 4 aromatic carbocycles. The number of benzene rings is 4. The number of hydrogen-bond donors (Lipinski definition) is 0. The van der Waals surface area contributed by atoms with Gasteiger partial charge in [-0.2, -0.15) is 0 Å². The highest BCUT2D eigenvalue weighted by molar-refractivity contribution is 5.84. The Hall–Kier alpha value is -6.86. The van der Waals surface area contributed by atoms with Crippen molar-refractivity contribution in [2.24, 2.45) is 103 Å². The highest BCUT2D eigenvalue weighted by Gasteiger charge is 2.61. The second-order valence-corrected chi connectivity index (χ2v) is 35.2. The van der Waals surface area contributed by atoms with Crippen molar-refractivity contribution in [3.8, 4) is 23.0 Å². The van der Waals surface area contributed by atoms with Crippen LogP contribution in [0.15, 0.2) is 130 Å². The van der Waals surface area contributed by atoms with Crippen LogP contribution >= 0.6 is 0 Å². The van der Waals surface area contributed by atoms with Crippen molar-refractivity contribution in [1.29, 1.82) is 0 Å². The SMILES string of the molecule is CC(C)CCC[C@@H](C)[C@H]1CC[C@H]2[C@@H]3CC=C4C[C@@H](OC(=O)CCC(=O)Oc5ccc(C=Nc6ccc(OCCOCCOc7ccc(N=Cc8ccc(OC(=O)CCC(=O)O[C@H]9CC[C@@]%10(C)C(=CC[C@H]%11[C@@H]%12CC[C@H]([C@H](C)CCCC(C)C)[C@@]%12(C)CC[C@@H]%11%10)C9)cc8)cc7)cc6)cc5)CC[C@]4(C)[C@H]3CC[C@]12C. The van der Waals surface area contributed by atoms with Crippen LogP contribution in [0.25, 0.3) is 0 Å². The Kier molecular flexibility index (Phi) is 25.9. The van der Waals surface area contributed by atoms with E-state index in [-0.39, 0.29) is 60.7 Å². The molecule has 8 aliphatic carbocycles. The average molecular weight is 1430 g/mol. The molecule has 0 aromatic heterocycles. The average Bonchev–Trinajstić information content (AvgIpc) is 1.69. The molecule has 12 rings (SSSR count). The lowest BCUT2D eigenvalue weighted by molar-refractivity contribution is -0.154. The zero-order valence-corrected chi connectivity index (χ0v) is 65.2. The Morgan fingerprint density at radius 3 is 1.20 bits per heavy atom. The quantitative estimate of drug-likeness (QED) is 0.0151. The van der Waals surface area contributed by atoms with Gasteiger partial charge in [-0.05, 0) is 291 Å². The molecule has 0 N–H and O–H groups in total. The van der Waals surface area contributed by atoms with Gasteiger partial charge in [0, 0.05) is 25.3 Å². The van der Waals surface area contributed by atoms with Crippen molar-refractivity contribution in [1.82, 2.24) is 0 Å². The fourth-order valence-corrected chi connectivity index (χ4v) is 22.1. The molecule has 568 valence electrons. The molecular formula is C92H124N2O11. The van der Waals surface area contributed by atoms with E-state index in [4.69, 9.17) is 33.2 Å². The molecule has 0 saturated heterocycles. The van der Waals surface area contributed by atoms with E-state index >= 15 is 0 Å². The second kappa shape index (κ2) is 35.0. The van der Waals surface area contributed by atoms with E-state index < -0.39 is 11.9 Å². The highest BCUT2D eigenvalue weighted by atomic mass is 16.6. The molecule has 0 bridgehead atoms. The number of carbonyl (C=O) groups is 4. The van der Waals surface area contributed by atoms with Gasteiger partial charge < -0.3 is 33.2 Å². The van der Waals surface area contributed by atoms with Crippen LogP contribution in [-0.2, 0) is 33.4 Å². The number of carbonyl (C=O) groups excluding carboxylic acids is 4. The summed E-state index contributed by atoms with van der Waals surface area (Å²) in [5.74, 6) is 10.1. The zero-order valence-electron chi connectivity index (χ0n) is 65.2. The standard InChI is InChI=1S/C92H124N2O11/c1-61(2)13-11-15-63(5)79-37-39-81-77-35-21-67-57-75(45-49-89(67,7)83(77)47-51-91(79,81)9)104-87(97)43-41-85(95)102-73-27-17-65(18-28-73)59-93-69-23-31-71(32-24-69)100-55-53-99-54-56-101-72-33-25-70(26-34-72)94-60-66-19-29-74(30-20-66)103-86(96)42-44-88(98)105-76-46-50-90(8)68(58-76)22-36-78-82-40-38-80(64(6)16-12-14-62(3)4)92(82,10)52-48-84(78)90/h17-34,59-64,75-84H,11-16,35-58H2,1-10H3/t63-,64-,75+,76+,77+,78+,79-,80-,81+,82+,83+,84+,89+,90+,91-,92-/m1/s1. The molecular weight excluding hydrogens is 1310 g/mol. The van der Waals surface area contributed by atoms with Gasteiger partial charge in [0.05, 0.1) is 50.3 Å². The Balaban J connectivity index is 0.479. The number of aliphatic imine (C=N–C) groups is 2. The molecule has 0 spiro atoms. The molecule has 6 saturated carbocycles. The number of allylic oxidation sites excluding steroid dienone is 2. The van der Waals surface area contributed by atoms with Crippen LogP contribution in [0.4, 0.5) is 11.4 Å². The number of fused-ring (bicyclic) bond motifs is 10. The van der Waals surface area contributed by atoms with E-state index in [1.165, 1.54) is 114 Å². The minimum atomic E-state index is -0.464. The molecule has 8 aliphatic rings. The van der Waals surface area contributed by atoms with Crippen LogP contribution in [0.2, 0.25) is 0 Å². The highest BCUT2D eigenvalue weighted by Crippen LogP contribution is 2.69. The number of ether oxygens (including phenoxy) is 7. The van der Waals surface area contributed by atoms with E-state index in [2.05, 4.69) is 91.4 Å². The van der Waals surface area contributed by atoms with Gasteiger partial charge in [0.15, 0.2) is 0 Å². The summed E-state index contributed by atoms with van der Waals surface area (Å²) in [5, 5.41) is 0. The van der Waals surface area contributed by atoms with Gasteiger partial charge in [0.25, 0.3) is 0 Å². The van der Waals surface area contributed by atoms with Crippen LogP contribution < -0.4 is 18.9 Å². The summed E-state index contributed by atoms with van der Waals surface area (Å²) in [6.07, 6.45) is 35.2. The number of hydrogen-bond acceptors (Lipinski definition) is 13. The van der Waals surface area contributed by atoms with Gasteiger partial charge >= 0.3 is 23.9 Å². The Morgan fingerprint density at radius 1 is 0.429 bits per heavy atom. The Labute approximate surface area is 628 Å². The smallest absolute Gasteiger partial charge is 0.311 e. The molecule has 16 atom stereocenters. The molecule has 0 radical (unpaired) electrons. The van der Waals surface area contributed by atoms with Crippen LogP contribution in [0.3, 0.4) is 0 Å². The van der Waals surface area contributed by atoms with Gasteiger partial charge in [-0.25, -0.2) is 0 Å². The molecule has 0 unspecified atom stereocenters. The molecule has 0 amide bonds. The monoisotopic (exact) mass is 1430 g/mol. The Bertz CT molecular complexity index is 3450. The van der Waals surface area contributed by atoms with Crippen molar-refractivity contribution >= 4 is 47.7 Å². The topological polar surface area (TPSA) is 158 Å². The van der Waals surface area contributed by atoms with Crippen molar-refractivity contribution in [2.45, 2.75) is 248 Å². The maximum Gasteiger partial charge on any atom is 0.311 e. The van der Waals surface area contributed by atoms with Gasteiger partial charge in [0.2, 0.25) is 0 Å². The molecule has 13 nitrogen and oxygen atoms in total. The first-order valence-corrected chi connectivity index (χ1v) is 41.1. The van der Waals surface area contributed by atoms with Gasteiger partial charge in [-0.15, -0.1) is 0 Å². The van der Waals surface area contributed by atoms with Crippen LogP contribution in [0, 0.1) is 92.7 Å². The minimum absolute atomic E-state index is 0.00364. The fraction of sp³-hybridized carbons (Fsp3) is 0.630. The predicted octanol–water partition coefficient (Wildman–Crippen LogP) is 21.9. The van der Waals surface area contributed by atoms with Crippen LogP contribution in [-0.4, -0.2) is 74.9 Å². The van der Waals surface area contributed by atoms with Gasteiger partial charge in [0.1, 0.15) is 48.4 Å². The fourth-order valence-electron chi connectivity index (χ4n) is 22.1. The van der Waals surface area contributed by atoms with Crippen molar-refractivity contribution in [3.05, 3.63) is 131 Å². The Morgan fingerprint density at radius 2 is 0.810 bits per heavy atom. The third-order valence-corrected chi connectivity index (χ3v) is 27.8. The van der Waals surface area contributed by atoms with Crippen molar-refractivity contribution in [2.75, 3.05) is 26.4 Å². The van der Waals surface area contributed by atoms with Crippen molar-refractivity contribution < 1.29 is 52.3 Å². The summed E-state index contributed by atoms with van der Waals surface area (Å²) in [6, 6.07) is 29.3. The van der Waals surface area contributed by atoms with Crippen LogP contribution in [0.5, 0.6) is 23.0 Å². The molecule has 6 fully saturated rings. The maximum absolute atomic E-state index is 13.1.